The summed E-state index contributed by atoms with van der Waals surface area (Å²) in [4.78, 5) is 5.52. The maximum Gasteiger partial charge on any atom is 0.319 e. The minimum Gasteiger partial charge on any atom is -0.378 e. The first-order valence-corrected chi connectivity index (χ1v) is 11.8. The van der Waals surface area contributed by atoms with E-state index in [0.717, 1.165) is 34.3 Å². The van der Waals surface area contributed by atoms with Gasteiger partial charge in [-0.2, -0.15) is 8.78 Å². The number of anilines is 1. The van der Waals surface area contributed by atoms with Crippen LogP contribution in [-0.4, -0.2) is 16.6 Å². The van der Waals surface area contributed by atoms with Crippen molar-refractivity contribution in [2.45, 2.75) is 59.0 Å². The summed E-state index contributed by atoms with van der Waals surface area (Å²) in [5.41, 5.74) is 7.57. The van der Waals surface area contributed by atoms with E-state index >= 15 is 0 Å². The number of aromatic nitrogens is 2. The summed E-state index contributed by atoms with van der Waals surface area (Å²) in [6.07, 6.45) is 6.75. The van der Waals surface area contributed by atoms with Crippen molar-refractivity contribution in [2.75, 3.05) is 12.4 Å². The minimum absolute atomic E-state index is 0.0714. The van der Waals surface area contributed by atoms with Crippen LogP contribution in [0.1, 0.15) is 61.7 Å². The molecule has 0 radical (unpaired) electrons. The number of fused-ring (bicyclic) bond motifs is 1. The highest BCUT2D eigenvalue weighted by atomic mass is 35.5. The number of pyridine rings is 1. The number of hydrogen-bond acceptors (Lipinski definition) is 4. The number of thiophene rings is 1. The van der Waals surface area contributed by atoms with Gasteiger partial charge < -0.3 is 11.1 Å². The first-order valence-electron chi connectivity index (χ1n) is 10.5. The van der Waals surface area contributed by atoms with Crippen LogP contribution < -0.4 is 11.1 Å². The van der Waals surface area contributed by atoms with Gasteiger partial charge in [-0.3, -0.25) is 4.57 Å². The first kappa shape index (κ1) is 25.3. The van der Waals surface area contributed by atoms with Gasteiger partial charge in [-0.25, -0.2) is 4.98 Å². The molecule has 4 nitrogen and oxygen atoms in total. The Kier molecular flexibility index (Phi) is 9.93. The molecule has 31 heavy (non-hydrogen) atoms. The van der Waals surface area contributed by atoms with Gasteiger partial charge in [-0.15, -0.1) is 11.3 Å². The Hall–Kier alpha value is -1.96. The Morgan fingerprint density at radius 1 is 1.32 bits per heavy atom. The summed E-state index contributed by atoms with van der Waals surface area (Å²) < 4.78 is 29.5. The molecule has 3 heterocycles. The lowest BCUT2D eigenvalue weighted by Crippen LogP contribution is -2.12. The fourth-order valence-electron chi connectivity index (χ4n) is 3.91. The van der Waals surface area contributed by atoms with Gasteiger partial charge >= 0.3 is 6.55 Å². The molecule has 3 N–H and O–H groups in total. The lowest BCUT2D eigenvalue weighted by Gasteiger charge is -2.22. The van der Waals surface area contributed by atoms with E-state index < -0.39 is 6.55 Å². The predicted octanol–water partition coefficient (Wildman–Crippen LogP) is 7.49. The number of hydrogen-bond donors (Lipinski definition) is 2. The molecule has 4 rings (SSSR count). The molecule has 1 atom stereocenters. The Morgan fingerprint density at radius 3 is 2.65 bits per heavy atom. The zero-order valence-electron chi connectivity index (χ0n) is 18.5. The van der Waals surface area contributed by atoms with Crippen LogP contribution in [0, 0.1) is 6.92 Å². The maximum absolute atomic E-state index is 14.2. The molecular formula is C23H31ClF2N4S. The average molecular weight is 469 g/mol. The van der Waals surface area contributed by atoms with E-state index in [9.17, 15) is 8.78 Å². The number of nitrogens with two attached hydrogens (primary N) is 1. The number of rotatable bonds is 5. The quantitative estimate of drug-likeness (QED) is 0.301. The van der Waals surface area contributed by atoms with Crippen molar-refractivity contribution in [3.05, 3.63) is 57.0 Å². The van der Waals surface area contributed by atoms with Crippen LogP contribution in [-0.2, 0) is 6.54 Å². The molecule has 3 aromatic heterocycles. The number of alkyl halides is 2. The smallest absolute Gasteiger partial charge is 0.319 e. The molecule has 0 fully saturated rings. The fourth-order valence-corrected chi connectivity index (χ4v) is 4.75. The third kappa shape index (κ3) is 5.64. The minimum atomic E-state index is -2.63. The van der Waals surface area contributed by atoms with Gasteiger partial charge in [0.1, 0.15) is 5.15 Å². The number of nitrogens with zero attached hydrogens (tertiary/aromatic N) is 2. The molecule has 0 bridgehead atoms. The summed E-state index contributed by atoms with van der Waals surface area (Å²) in [6.45, 7) is 3.80. The molecule has 170 valence electrons. The second kappa shape index (κ2) is 12.2. The Balaban J connectivity index is 0.000000807. The van der Waals surface area contributed by atoms with E-state index in [1.165, 1.54) is 7.05 Å². The monoisotopic (exact) mass is 468 g/mol. The highest BCUT2D eigenvalue weighted by Gasteiger charge is 2.28. The standard InChI is InChI=1S/C20H20ClF2N3S.C2H6.CH5N/c1-12-17-19(26(20(22)23)18(12)13-6-3-2-4-7-13)15(10-16(21)25-17)24-11-14-8-5-9-27-14;2*1-2/h2-3,5,8-10,13,20H,4,6-7,11H2,1H3,(H,24,25);1-2H3;2H2,1H3. The molecule has 0 saturated heterocycles. The summed E-state index contributed by atoms with van der Waals surface area (Å²) in [6, 6.07) is 5.62. The molecule has 1 aliphatic rings. The van der Waals surface area contributed by atoms with Crippen LogP contribution in [0.3, 0.4) is 0 Å². The van der Waals surface area contributed by atoms with Crippen molar-refractivity contribution in [1.29, 1.82) is 0 Å². The highest BCUT2D eigenvalue weighted by Crippen LogP contribution is 2.41. The van der Waals surface area contributed by atoms with E-state index in [2.05, 4.69) is 28.2 Å². The lowest BCUT2D eigenvalue weighted by molar-refractivity contribution is 0.0709. The van der Waals surface area contributed by atoms with Gasteiger partial charge in [0.15, 0.2) is 0 Å². The number of allylic oxidation sites excluding steroid dienone is 2. The van der Waals surface area contributed by atoms with E-state index in [1.54, 1.807) is 17.4 Å². The molecule has 8 heteroatoms. The van der Waals surface area contributed by atoms with Crippen LogP contribution in [0.4, 0.5) is 14.5 Å². The summed E-state index contributed by atoms with van der Waals surface area (Å²) in [7, 11) is 1.50. The van der Waals surface area contributed by atoms with Crippen LogP contribution >= 0.6 is 22.9 Å². The molecule has 0 aromatic carbocycles. The second-order valence-corrected chi connectivity index (χ2v) is 8.18. The Bertz CT molecular complexity index is 984. The zero-order chi connectivity index (χ0) is 23.0. The molecule has 0 amide bonds. The van der Waals surface area contributed by atoms with Crippen LogP contribution in [0.25, 0.3) is 11.0 Å². The van der Waals surface area contributed by atoms with E-state index in [4.69, 9.17) is 11.6 Å². The van der Waals surface area contributed by atoms with E-state index in [-0.39, 0.29) is 5.92 Å². The zero-order valence-corrected chi connectivity index (χ0v) is 20.0. The van der Waals surface area contributed by atoms with Gasteiger partial charge in [0.2, 0.25) is 0 Å². The largest absolute Gasteiger partial charge is 0.378 e. The Labute approximate surface area is 192 Å². The fraction of sp³-hybridized carbons (Fsp3) is 0.435. The lowest BCUT2D eigenvalue weighted by atomic mass is 9.89. The van der Waals surface area contributed by atoms with Crippen molar-refractivity contribution in [3.8, 4) is 0 Å². The summed E-state index contributed by atoms with van der Waals surface area (Å²) in [5, 5.41) is 5.59. The Morgan fingerprint density at radius 2 is 2.06 bits per heavy atom. The van der Waals surface area contributed by atoms with Crippen LogP contribution in [0.2, 0.25) is 5.15 Å². The van der Waals surface area contributed by atoms with E-state index in [0.29, 0.717) is 34.1 Å². The molecule has 1 unspecified atom stereocenters. The summed E-state index contributed by atoms with van der Waals surface area (Å²) in [5.74, 6) is 0.0714. The van der Waals surface area contributed by atoms with Gasteiger partial charge in [0.05, 0.1) is 16.7 Å². The van der Waals surface area contributed by atoms with E-state index in [1.807, 2.05) is 38.3 Å². The van der Waals surface area contributed by atoms with Gasteiger partial charge in [-0.1, -0.05) is 43.7 Å². The van der Waals surface area contributed by atoms with Crippen molar-refractivity contribution in [3.63, 3.8) is 0 Å². The summed E-state index contributed by atoms with van der Waals surface area (Å²) >= 11 is 7.85. The number of aryl methyl sites for hydroxylation is 1. The van der Waals surface area contributed by atoms with Crippen molar-refractivity contribution < 1.29 is 8.78 Å². The second-order valence-electron chi connectivity index (χ2n) is 6.76. The van der Waals surface area contributed by atoms with Gasteiger partial charge in [0, 0.05) is 29.1 Å². The van der Waals surface area contributed by atoms with Crippen LogP contribution in [0.5, 0.6) is 0 Å². The number of nitrogens with one attached hydrogen (secondary N) is 1. The van der Waals surface area contributed by atoms with Gasteiger partial charge in [0.25, 0.3) is 0 Å². The predicted molar refractivity (Wildman–Crippen MR) is 130 cm³/mol. The van der Waals surface area contributed by atoms with Gasteiger partial charge in [-0.05, 0) is 50.2 Å². The topological polar surface area (TPSA) is 55.9 Å². The average Bonchev–Trinajstić information content (AvgIpc) is 3.42. The van der Waals surface area contributed by atoms with Crippen molar-refractivity contribution in [2.24, 2.45) is 5.73 Å². The molecule has 0 aliphatic heterocycles. The maximum atomic E-state index is 14.2. The molecule has 3 aromatic rings. The molecule has 1 aliphatic carbocycles. The molecule has 0 spiro atoms. The van der Waals surface area contributed by atoms with Crippen molar-refractivity contribution >= 4 is 39.7 Å². The third-order valence-electron chi connectivity index (χ3n) is 5.09. The third-order valence-corrected chi connectivity index (χ3v) is 6.16. The first-order chi connectivity index (χ1) is 15.1. The normalized spacial score (nSPS) is 15.3. The highest BCUT2D eigenvalue weighted by molar-refractivity contribution is 7.09. The number of halogens is 3. The molecule has 0 saturated carbocycles. The van der Waals surface area contributed by atoms with Crippen molar-refractivity contribution in [1.82, 2.24) is 9.55 Å². The van der Waals surface area contributed by atoms with Crippen LogP contribution in [0.15, 0.2) is 35.7 Å². The molecular weight excluding hydrogens is 438 g/mol. The SMILES string of the molecule is CC.CN.Cc1c(C2CC=CCC2)n(C(F)F)c2c(NCc3cccs3)cc(Cl)nc12.